The Kier molecular flexibility index (Phi) is 3.44. The van der Waals surface area contributed by atoms with Crippen LogP contribution < -0.4 is 5.73 Å². The van der Waals surface area contributed by atoms with Crippen LogP contribution in [-0.2, 0) is 0 Å². The normalized spacial score (nSPS) is 12.4. The van der Waals surface area contributed by atoms with Gasteiger partial charge >= 0.3 is 0 Å². The molecule has 0 saturated carbocycles. The first-order valence-electron chi connectivity index (χ1n) is 2.82. The number of hydrogen-bond acceptors (Lipinski definition) is 1. The van der Waals surface area contributed by atoms with E-state index in [0.29, 0.717) is 0 Å². The van der Waals surface area contributed by atoms with Crippen LogP contribution in [0.25, 0.3) is 0 Å². The average molecular weight is 124 g/mol. The van der Waals surface area contributed by atoms with Gasteiger partial charge in [0.05, 0.1) is 0 Å². The molecule has 0 amide bonds. The maximum Gasteiger partial charge on any atom is 0.118 e. The zero-order valence-electron chi connectivity index (χ0n) is 5.81. The van der Waals surface area contributed by atoms with Gasteiger partial charge in [-0.25, -0.2) is 0 Å². The molecule has 0 radical (unpaired) electrons. The summed E-state index contributed by atoms with van der Waals surface area (Å²) in [7, 11) is 0. The molecule has 0 unspecified atom stereocenters. The van der Waals surface area contributed by atoms with Crippen molar-refractivity contribution in [1.82, 2.24) is 0 Å². The predicted molar refractivity (Wildman–Crippen MR) is 40.5 cm³/mol. The first-order chi connectivity index (χ1) is 4.18. The van der Waals surface area contributed by atoms with Crippen molar-refractivity contribution in [3.05, 3.63) is 23.8 Å². The maximum absolute atomic E-state index is 6.95. The van der Waals surface area contributed by atoms with Gasteiger partial charge in [-0.05, 0) is 19.4 Å². The lowest BCUT2D eigenvalue weighted by Gasteiger charge is -1.91. The van der Waals surface area contributed by atoms with Crippen molar-refractivity contribution in [2.75, 3.05) is 0 Å². The summed E-state index contributed by atoms with van der Waals surface area (Å²) in [5.74, 6) is 0.133. The third-order valence-corrected chi connectivity index (χ3v) is 0.964. The SMILES string of the molecule is CC=CC=C(C)C(=N)N. The molecule has 0 saturated heterocycles. The molecule has 50 valence electrons. The number of amidine groups is 1. The summed E-state index contributed by atoms with van der Waals surface area (Å²) in [6, 6.07) is 0. The molecule has 0 aromatic rings. The third kappa shape index (κ3) is 3.53. The van der Waals surface area contributed by atoms with Crippen LogP contribution >= 0.6 is 0 Å². The largest absolute Gasteiger partial charge is 0.384 e. The highest BCUT2D eigenvalue weighted by atomic mass is 14.7. The first kappa shape index (κ1) is 7.95. The summed E-state index contributed by atoms with van der Waals surface area (Å²) >= 11 is 0. The van der Waals surface area contributed by atoms with E-state index in [1.165, 1.54) is 0 Å². The van der Waals surface area contributed by atoms with Crippen LogP contribution in [0, 0.1) is 5.41 Å². The molecule has 0 aliphatic carbocycles. The quantitative estimate of drug-likeness (QED) is 0.326. The lowest BCUT2D eigenvalue weighted by atomic mass is 10.2. The number of nitrogens with two attached hydrogens (primary N) is 1. The fraction of sp³-hybridized carbons (Fsp3) is 0.286. The van der Waals surface area contributed by atoms with Crippen LogP contribution in [0.3, 0.4) is 0 Å². The van der Waals surface area contributed by atoms with E-state index in [9.17, 15) is 0 Å². The molecule has 0 aromatic carbocycles. The van der Waals surface area contributed by atoms with Gasteiger partial charge in [0, 0.05) is 0 Å². The predicted octanol–water partition coefficient (Wildman–Crippen LogP) is 1.44. The van der Waals surface area contributed by atoms with Gasteiger partial charge in [-0.2, -0.15) is 0 Å². The zero-order chi connectivity index (χ0) is 7.28. The van der Waals surface area contributed by atoms with E-state index >= 15 is 0 Å². The lowest BCUT2D eigenvalue weighted by Crippen LogP contribution is -2.09. The van der Waals surface area contributed by atoms with Gasteiger partial charge in [-0.15, -0.1) is 0 Å². The summed E-state index contributed by atoms with van der Waals surface area (Å²) in [6.07, 6.45) is 5.56. The molecule has 0 fully saturated rings. The van der Waals surface area contributed by atoms with E-state index in [-0.39, 0.29) is 5.84 Å². The Bertz CT molecular complexity index is 154. The Labute approximate surface area is 55.6 Å². The topological polar surface area (TPSA) is 49.9 Å². The average Bonchev–Trinajstić information content (AvgIpc) is 1.82. The Morgan fingerprint density at radius 2 is 2.11 bits per heavy atom. The van der Waals surface area contributed by atoms with E-state index in [4.69, 9.17) is 11.1 Å². The minimum absolute atomic E-state index is 0.133. The van der Waals surface area contributed by atoms with Crippen molar-refractivity contribution in [2.24, 2.45) is 5.73 Å². The molecular weight excluding hydrogens is 112 g/mol. The van der Waals surface area contributed by atoms with Crippen molar-refractivity contribution < 1.29 is 0 Å². The van der Waals surface area contributed by atoms with E-state index < -0.39 is 0 Å². The number of hydrogen-bond donors (Lipinski definition) is 2. The van der Waals surface area contributed by atoms with Crippen molar-refractivity contribution in [3.8, 4) is 0 Å². The molecular formula is C7H12N2. The lowest BCUT2D eigenvalue weighted by molar-refractivity contribution is 1.39. The minimum atomic E-state index is 0.133. The second kappa shape index (κ2) is 3.89. The molecule has 0 bridgehead atoms. The molecule has 2 heteroatoms. The van der Waals surface area contributed by atoms with Crippen molar-refractivity contribution in [2.45, 2.75) is 13.8 Å². The molecule has 0 aliphatic rings. The highest BCUT2D eigenvalue weighted by molar-refractivity contribution is 5.93. The summed E-state index contributed by atoms with van der Waals surface area (Å²) < 4.78 is 0. The molecule has 0 spiro atoms. The molecule has 3 N–H and O–H groups in total. The summed E-state index contributed by atoms with van der Waals surface area (Å²) in [5.41, 5.74) is 5.96. The Balaban J connectivity index is 4.00. The van der Waals surface area contributed by atoms with Crippen LogP contribution in [0.1, 0.15) is 13.8 Å². The van der Waals surface area contributed by atoms with E-state index in [1.807, 2.05) is 32.1 Å². The summed E-state index contributed by atoms with van der Waals surface area (Å²) in [5, 5.41) is 6.95. The number of rotatable bonds is 2. The first-order valence-corrected chi connectivity index (χ1v) is 2.82. The Hall–Kier alpha value is -1.05. The third-order valence-electron chi connectivity index (χ3n) is 0.964. The molecule has 0 aliphatic heterocycles. The van der Waals surface area contributed by atoms with Gasteiger partial charge in [0.2, 0.25) is 0 Å². The second-order valence-electron chi connectivity index (χ2n) is 1.79. The highest BCUT2D eigenvalue weighted by Crippen LogP contribution is 1.89. The number of nitrogens with one attached hydrogen (secondary N) is 1. The van der Waals surface area contributed by atoms with Crippen molar-refractivity contribution in [3.63, 3.8) is 0 Å². The molecule has 2 nitrogen and oxygen atoms in total. The van der Waals surface area contributed by atoms with Crippen LogP contribution in [-0.4, -0.2) is 5.84 Å². The smallest absolute Gasteiger partial charge is 0.118 e. The van der Waals surface area contributed by atoms with Gasteiger partial charge in [0.15, 0.2) is 0 Å². The highest BCUT2D eigenvalue weighted by Gasteiger charge is 1.86. The summed E-state index contributed by atoms with van der Waals surface area (Å²) in [4.78, 5) is 0. The van der Waals surface area contributed by atoms with Crippen molar-refractivity contribution in [1.29, 1.82) is 5.41 Å². The van der Waals surface area contributed by atoms with Gasteiger partial charge in [-0.1, -0.05) is 18.2 Å². The van der Waals surface area contributed by atoms with E-state index in [0.717, 1.165) is 5.57 Å². The van der Waals surface area contributed by atoms with Crippen LogP contribution in [0.4, 0.5) is 0 Å². The molecule has 0 heterocycles. The van der Waals surface area contributed by atoms with E-state index in [1.54, 1.807) is 0 Å². The van der Waals surface area contributed by atoms with Gasteiger partial charge in [0.25, 0.3) is 0 Å². The maximum atomic E-state index is 6.95. The van der Waals surface area contributed by atoms with Gasteiger partial charge in [-0.3, -0.25) is 5.41 Å². The molecule has 0 atom stereocenters. The molecule has 9 heavy (non-hydrogen) atoms. The fourth-order valence-electron chi connectivity index (χ4n) is 0.330. The zero-order valence-corrected chi connectivity index (χ0v) is 5.81. The molecule has 0 aromatic heterocycles. The van der Waals surface area contributed by atoms with E-state index in [2.05, 4.69) is 0 Å². The fourth-order valence-corrected chi connectivity index (χ4v) is 0.330. The van der Waals surface area contributed by atoms with Crippen LogP contribution in [0.2, 0.25) is 0 Å². The Morgan fingerprint density at radius 1 is 1.56 bits per heavy atom. The standard InChI is InChI=1S/C7H12N2/c1-3-4-5-6(2)7(8)9/h3-5H,1-2H3,(H3,8,9). The Morgan fingerprint density at radius 3 is 2.44 bits per heavy atom. The number of allylic oxidation sites excluding steroid dienone is 3. The monoisotopic (exact) mass is 124 g/mol. The van der Waals surface area contributed by atoms with Crippen molar-refractivity contribution >= 4 is 5.84 Å². The van der Waals surface area contributed by atoms with Gasteiger partial charge < -0.3 is 5.73 Å². The van der Waals surface area contributed by atoms with Gasteiger partial charge in [0.1, 0.15) is 5.84 Å². The minimum Gasteiger partial charge on any atom is -0.384 e. The summed E-state index contributed by atoms with van der Waals surface area (Å²) in [6.45, 7) is 3.73. The second-order valence-corrected chi connectivity index (χ2v) is 1.79. The van der Waals surface area contributed by atoms with Crippen LogP contribution in [0.5, 0.6) is 0 Å². The van der Waals surface area contributed by atoms with Crippen LogP contribution in [0.15, 0.2) is 23.8 Å². The molecule has 0 rings (SSSR count).